The molecule has 2 aromatic rings. The predicted octanol–water partition coefficient (Wildman–Crippen LogP) is 3.66. The lowest BCUT2D eigenvalue weighted by molar-refractivity contribution is -0.114. The number of carbonyl (C=O) groups excluding carboxylic acids is 1. The average molecular weight is 318 g/mol. The molecule has 0 saturated heterocycles. The summed E-state index contributed by atoms with van der Waals surface area (Å²) in [5, 5.41) is 1.29. The second-order valence-electron chi connectivity index (χ2n) is 5.42. The first kappa shape index (κ1) is 16.7. The van der Waals surface area contributed by atoms with E-state index >= 15 is 0 Å². The van der Waals surface area contributed by atoms with E-state index < -0.39 is 0 Å². The largest absolute Gasteiger partial charge is 0.299 e. The van der Waals surface area contributed by atoms with Crippen molar-refractivity contribution in [3.63, 3.8) is 0 Å². The third-order valence-corrected chi connectivity index (χ3v) is 4.59. The van der Waals surface area contributed by atoms with E-state index in [1.807, 2.05) is 24.3 Å². The Labute approximate surface area is 134 Å². The number of fused-ring (bicyclic) bond motifs is 1. The highest BCUT2D eigenvalue weighted by Crippen LogP contribution is 2.18. The van der Waals surface area contributed by atoms with Gasteiger partial charge < -0.3 is 0 Å². The standard InChI is InChI=1S/C17H22N2O2S/c1-3-4-5-8-11-19-16(21)14-9-6-7-10-15(14)18-17(19)22-12-13(2)20/h6-7,9-10H,3-5,8,11-12H2,1-2H3. The summed E-state index contributed by atoms with van der Waals surface area (Å²) in [6.45, 7) is 4.38. The van der Waals surface area contributed by atoms with Crippen molar-refractivity contribution >= 4 is 28.4 Å². The van der Waals surface area contributed by atoms with Crippen molar-refractivity contribution < 1.29 is 4.79 Å². The topological polar surface area (TPSA) is 52.0 Å². The van der Waals surface area contributed by atoms with Crippen LogP contribution < -0.4 is 5.56 Å². The molecule has 5 heteroatoms. The molecule has 118 valence electrons. The molecule has 0 aliphatic rings. The summed E-state index contributed by atoms with van der Waals surface area (Å²) < 4.78 is 1.73. The molecule has 0 aliphatic carbocycles. The lowest BCUT2D eigenvalue weighted by Crippen LogP contribution is -2.23. The highest BCUT2D eigenvalue weighted by atomic mass is 32.2. The Balaban J connectivity index is 2.35. The van der Waals surface area contributed by atoms with E-state index in [0.29, 0.717) is 28.4 Å². The van der Waals surface area contributed by atoms with E-state index in [0.717, 1.165) is 19.3 Å². The van der Waals surface area contributed by atoms with Gasteiger partial charge in [0.15, 0.2) is 5.16 Å². The number of para-hydroxylation sites is 1. The molecule has 4 nitrogen and oxygen atoms in total. The van der Waals surface area contributed by atoms with E-state index in [4.69, 9.17) is 0 Å². The van der Waals surface area contributed by atoms with E-state index in [1.54, 1.807) is 11.5 Å². The van der Waals surface area contributed by atoms with E-state index in [1.165, 1.54) is 18.2 Å². The summed E-state index contributed by atoms with van der Waals surface area (Å²) in [5.74, 6) is 0.435. The Morgan fingerprint density at radius 1 is 1.23 bits per heavy atom. The maximum Gasteiger partial charge on any atom is 0.262 e. The third-order valence-electron chi connectivity index (χ3n) is 3.47. The Morgan fingerprint density at radius 2 is 2.00 bits per heavy atom. The van der Waals surface area contributed by atoms with Crippen LogP contribution in [0.25, 0.3) is 10.9 Å². The second-order valence-corrected chi connectivity index (χ2v) is 6.36. The van der Waals surface area contributed by atoms with Gasteiger partial charge in [0.25, 0.3) is 5.56 Å². The van der Waals surface area contributed by atoms with Crippen molar-refractivity contribution in [2.75, 3.05) is 5.75 Å². The number of benzene rings is 1. The summed E-state index contributed by atoms with van der Waals surface area (Å²) in [6.07, 6.45) is 4.40. The molecule has 0 spiro atoms. The normalized spacial score (nSPS) is 11.0. The van der Waals surface area contributed by atoms with Crippen LogP contribution in [-0.4, -0.2) is 21.1 Å². The molecule has 0 unspecified atom stereocenters. The van der Waals surface area contributed by atoms with Crippen molar-refractivity contribution in [2.45, 2.75) is 51.2 Å². The molecule has 1 aromatic carbocycles. The number of hydrogen-bond donors (Lipinski definition) is 0. The monoisotopic (exact) mass is 318 g/mol. The zero-order valence-corrected chi connectivity index (χ0v) is 14.0. The Morgan fingerprint density at radius 3 is 2.73 bits per heavy atom. The maximum absolute atomic E-state index is 12.7. The van der Waals surface area contributed by atoms with Crippen LogP contribution in [0, 0.1) is 0 Å². The van der Waals surface area contributed by atoms with Gasteiger partial charge in [-0.1, -0.05) is 50.1 Å². The van der Waals surface area contributed by atoms with Gasteiger partial charge in [-0.2, -0.15) is 0 Å². The molecule has 0 saturated carbocycles. The van der Waals surface area contributed by atoms with Crippen molar-refractivity contribution in [2.24, 2.45) is 0 Å². The minimum Gasteiger partial charge on any atom is -0.299 e. The SMILES string of the molecule is CCCCCCn1c(SCC(C)=O)nc2ccccc2c1=O. The van der Waals surface area contributed by atoms with Gasteiger partial charge in [0.1, 0.15) is 5.78 Å². The Kier molecular flexibility index (Phi) is 6.19. The van der Waals surface area contributed by atoms with Gasteiger partial charge in [0.2, 0.25) is 0 Å². The summed E-state index contributed by atoms with van der Waals surface area (Å²) >= 11 is 1.35. The van der Waals surface area contributed by atoms with Gasteiger partial charge in [-0.05, 0) is 25.5 Å². The lowest BCUT2D eigenvalue weighted by Gasteiger charge is -2.12. The summed E-state index contributed by atoms with van der Waals surface area (Å²) in [6, 6.07) is 7.39. The molecule has 1 aromatic heterocycles. The third kappa shape index (κ3) is 4.19. The highest BCUT2D eigenvalue weighted by Gasteiger charge is 2.11. The number of aromatic nitrogens is 2. The smallest absolute Gasteiger partial charge is 0.262 e. The number of rotatable bonds is 8. The van der Waals surface area contributed by atoms with Crippen LogP contribution in [0.3, 0.4) is 0 Å². The van der Waals surface area contributed by atoms with Gasteiger partial charge in [-0.25, -0.2) is 4.98 Å². The van der Waals surface area contributed by atoms with E-state index in [2.05, 4.69) is 11.9 Å². The molecule has 0 atom stereocenters. The average Bonchev–Trinajstić information content (AvgIpc) is 2.51. The zero-order valence-electron chi connectivity index (χ0n) is 13.2. The molecular formula is C17H22N2O2S. The summed E-state index contributed by atoms with van der Waals surface area (Å²) in [7, 11) is 0. The van der Waals surface area contributed by atoms with E-state index in [9.17, 15) is 9.59 Å². The number of carbonyl (C=O) groups is 1. The Bertz CT molecular complexity index is 709. The van der Waals surface area contributed by atoms with Crippen LogP contribution in [0.15, 0.2) is 34.2 Å². The maximum atomic E-state index is 12.7. The first-order valence-electron chi connectivity index (χ1n) is 7.75. The quantitative estimate of drug-likeness (QED) is 0.423. The fourth-order valence-electron chi connectivity index (χ4n) is 2.32. The van der Waals surface area contributed by atoms with Gasteiger partial charge in [-0.15, -0.1) is 0 Å². The minimum absolute atomic E-state index is 0.00634. The minimum atomic E-state index is -0.00634. The fourth-order valence-corrected chi connectivity index (χ4v) is 3.14. The first-order chi connectivity index (χ1) is 10.6. The molecule has 2 rings (SSSR count). The van der Waals surface area contributed by atoms with Crippen LogP contribution in [0.1, 0.15) is 39.5 Å². The van der Waals surface area contributed by atoms with Crippen molar-refractivity contribution in [1.29, 1.82) is 0 Å². The number of nitrogens with zero attached hydrogens (tertiary/aromatic N) is 2. The molecule has 0 N–H and O–H groups in total. The molecule has 0 bridgehead atoms. The van der Waals surface area contributed by atoms with Crippen LogP contribution in [0.4, 0.5) is 0 Å². The molecule has 0 fully saturated rings. The number of thioether (sulfide) groups is 1. The second kappa shape index (κ2) is 8.13. The van der Waals surface area contributed by atoms with Crippen molar-refractivity contribution in [3.05, 3.63) is 34.6 Å². The molecular weight excluding hydrogens is 296 g/mol. The lowest BCUT2D eigenvalue weighted by atomic mass is 10.2. The van der Waals surface area contributed by atoms with Crippen LogP contribution in [0.2, 0.25) is 0 Å². The van der Waals surface area contributed by atoms with E-state index in [-0.39, 0.29) is 11.3 Å². The first-order valence-corrected chi connectivity index (χ1v) is 8.74. The van der Waals surface area contributed by atoms with Crippen molar-refractivity contribution in [3.8, 4) is 0 Å². The molecule has 0 amide bonds. The van der Waals surface area contributed by atoms with Gasteiger partial charge in [0, 0.05) is 6.54 Å². The summed E-state index contributed by atoms with van der Waals surface area (Å²) in [4.78, 5) is 28.5. The van der Waals surface area contributed by atoms with Crippen LogP contribution >= 0.6 is 11.8 Å². The van der Waals surface area contributed by atoms with Crippen LogP contribution in [0.5, 0.6) is 0 Å². The predicted molar refractivity (Wildman–Crippen MR) is 91.6 cm³/mol. The Hall–Kier alpha value is -1.62. The molecule has 1 heterocycles. The number of Topliss-reactive ketones (excluding diaryl/α,β-unsaturated/α-hetero) is 1. The number of unbranched alkanes of at least 4 members (excludes halogenated alkanes) is 3. The number of ketones is 1. The number of hydrogen-bond acceptors (Lipinski definition) is 4. The van der Waals surface area contributed by atoms with Gasteiger partial charge in [-0.3, -0.25) is 14.2 Å². The molecule has 22 heavy (non-hydrogen) atoms. The molecule has 0 radical (unpaired) electrons. The van der Waals surface area contributed by atoms with Crippen LogP contribution in [-0.2, 0) is 11.3 Å². The summed E-state index contributed by atoms with van der Waals surface area (Å²) in [5.41, 5.74) is 0.691. The van der Waals surface area contributed by atoms with Gasteiger partial charge in [0.05, 0.1) is 16.7 Å². The highest BCUT2D eigenvalue weighted by molar-refractivity contribution is 7.99. The fraction of sp³-hybridized carbons (Fsp3) is 0.471. The zero-order chi connectivity index (χ0) is 15.9. The van der Waals surface area contributed by atoms with Crippen molar-refractivity contribution in [1.82, 2.24) is 9.55 Å². The van der Waals surface area contributed by atoms with Gasteiger partial charge >= 0.3 is 0 Å². The molecule has 0 aliphatic heterocycles.